The van der Waals surface area contributed by atoms with E-state index in [0.717, 1.165) is 4.88 Å². The Balaban J connectivity index is 2.65. The van der Waals surface area contributed by atoms with E-state index in [0.29, 0.717) is 11.3 Å². The van der Waals surface area contributed by atoms with Gasteiger partial charge in [0.05, 0.1) is 16.4 Å². The fourth-order valence-corrected chi connectivity index (χ4v) is 1.76. The number of hydrogen-bond donors (Lipinski definition) is 2. The maximum atomic E-state index is 11.6. The van der Waals surface area contributed by atoms with Crippen LogP contribution in [0.3, 0.4) is 0 Å². The Kier molecular flexibility index (Phi) is 4.99. The van der Waals surface area contributed by atoms with Gasteiger partial charge in [0.1, 0.15) is 0 Å². The van der Waals surface area contributed by atoms with Crippen LogP contribution in [-0.4, -0.2) is 36.7 Å². The summed E-state index contributed by atoms with van der Waals surface area (Å²) in [5.74, 6) is 5.57. The van der Waals surface area contributed by atoms with E-state index in [-0.39, 0.29) is 12.5 Å². The van der Waals surface area contributed by atoms with Crippen molar-refractivity contribution in [1.29, 1.82) is 0 Å². The van der Waals surface area contributed by atoms with Gasteiger partial charge in [-0.2, -0.15) is 0 Å². The quantitative estimate of drug-likeness (QED) is 0.601. The highest BCUT2D eigenvalue weighted by Gasteiger charge is 2.08. The van der Waals surface area contributed by atoms with Crippen molar-refractivity contribution in [2.45, 2.75) is 6.42 Å². The number of amides is 1. The maximum Gasteiger partial charge on any atom is 0.275 e. The molecule has 0 aliphatic carbocycles. The highest BCUT2D eigenvalue weighted by Crippen LogP contribution is 2.15. The molecule has 0 fully saturated rings. The lowest BCUT2D eigenvalue weighted by Gasteiger charge is -2.09. The van der Waals surface area contributed by atoms with Gasteiger partial charge in [-0.3, -0.25) is 10.2 Å². The Labute approximate surface area is 98.9 Å². The molecule has 86 valence electrons. The minimum absolute atomic E-state index is 0.0619. The number of aliphatic hydroxyl groups is 1. The first-order chi connectivity index (χ1) is 7.63. The third-order valence-electron chi connectivity index (χ3n) is 1.60. The highest BCUT2D eigenvalue weighted by atomic mass is 32.1. The van der Waals surface area contributed by atoms with Crippen molar-refractivity contribution in [1.82, 2.24) is 10.4 Å². The molecule has 0 bridgehead atoms. The van der Waals surface area contributed by atoms with Crippen LogP contribution in [0.1, 0.15) is 21.0 Å². The van der Waals surface area contributed by atoms with E-state index in [1.54, 1.807) is 31.2 Å². The van der Waals surface area contributed by atoms with Gasteiger partial charge in [0.2, 0.25) is 0 Å². The summed E-state index contributed by atoms with van der Waals surface area (Å²) in [6.07, 6.45) is 0.455. The first-order valence-corrected chi connectivity index (χ1v) is 5.63. The van der Waals surface area contributed by atoms with Gasteiger partial charge in [-0.15, -0.1) is 11.3 Å². The summed E-state index contributed by atoms with van der Waals surface area (Å²) < 4.78 is 0. The Morgan fingerprint density at radius 3 is 2.94 bits per heavy atom. The molecule has 1 heterocycles. The Hall–Kier alpha value is -1.35. The lowest BCUT2D eigenvalue weighted by atomic mass is 10.4. The van der Waals surface area contributed by atoms with Crippen LogP contribution in [-0.2, 0) is 0 Å². The molecular formula is C11H14N2O2S. The number of carbonyl (C=O) groups excluding carboxylic acids is 1. The molecule has 0 aromatic carbocycles. The average molecular weight is 238 g/mol. The third kappa shape index (κ3) is 4.03. The van der Waals surface area contributed by atoms with Crippen LogP contribution in [0.4, 0.5) is 0 Å². The largest absolute Gasteiger partial charge is 0.395 e. The lowest BCUT2D eigenvalue weighted by molar-refractivity contribution is 0.0861. The molecule has 1 aromatic heterocycles. The summed E-state index contributed by atoms with van der Waals surface area (Å²) in [6.45, 7) is 0.0619. The fraction of sp³-hybridized carbons (Fsp3) is 0.364. The molecule has 5 heteroatoms. The molecule has 1 rings (SSSR count). The van der Waals surface area contributed by atoms with Crippen LogP contribution in [0.5, 0.6) is 0 Å². The van der Waals surface area contributed by atoms with Gasteiger partial charge >= 0.3 is 0 Å². The number of thiophene rings is 1. The van der Waals surface area contributed by atoms with Crippen LogP contribution >= 0.6 is 11.3 Å². The van der Waals surface area contributed by atoms with Gasteiger partial charge in [0.15, 0.2) is 0 Å². The average Bonchev–Trinajstić information content (AvgIpc) is 2.66. The minimum atomic E-state index is -0.134. The number of hydrazine groups is 1. The van der Waals surface area contributed by atoms with E-state index in [1.165, 1.54) is 11.3 Å². The number of aliphatic hydroxyl groups excluding tert-OH is 1. The van der Waals surface area contributed by atoms with E-state index < -0.39 is 0 Å². The summed E-state index contributed by atoms with van der Waals surface area (Å²) in [5, 5.41) is 10.2. The standard InChI is InChI=1S/C11H14N2O2S/c1-13(2)12-11(15)10-7-6-9(16-10)5-3-4-8-14/h6-7,14H,4,8H2,1-2H3,(H,12,15). The molecule has 0 saturated carbocycles. The van der Waals surface area contributed by atoms with Crippen molar-refractivity contribution >= 4 is 17.2 Å². The summed E-state index contributed by atoms with van der Waals surface area (Å²) in [4.78, 5) is 13.0. The van der Waals surface area contributed by atoms with Crippen molar-refractivity contribution in [2.24, 2.45) is 0 Å². The van der Waals surface area contributed by atoms with Crippen molar-refractivity contribution in [2.75, 3.05) is 20.7 Å². The predicted molar refractivity (Wildman–Crippen MR) is 64.1 cm³/mol. The predicted octanol–water partition coefficient (Wildman–Crippen LogP) is 0.688. The van der Waals surface area contributed by atoms with Crippen molar-refractivity contribution < 1.29 is 9.90 Å². The van der Waals surface area contributed by atoms with E-state index in [2.05, 4.69) is 17.3 Å². The fourth-order valence-electron chi connectivity index (χ4n) is 0.991. The van der Waals surface area contributed by atoms with Crippen LogP contribution in [0.25, 0.3) is 0 Å². The first-order valence-electron chi connectivity index (χ1n) is 4.81. The van der Waals surface area contributed by atoms with Crippen molar-refractivity contribution in [3.8, 4) is 11.8 Å². The van der Waals surface area contributed by atoms with Crippen LogP contribution in [0, 0.1) is 11.8 Å². The number of nitrogens with one attached hydrogen (secondary N) is 1. The smallest absolute Gasteiger partial charge is 0.275 e. The SMILES string of the molecule is CN(C)NC(=O)c1ccc(C#CCCO)s1. The monoisotopic (exact) mass is 238 g/mol. The van der Waals surface area contributed by atoms with E-state index in [9.17, 15) is 4.79 Å². The van der Waals surface area contributed by atoms with Gasteiger partial charge in [-0.25, -0.2) is 5.01 Å². The topological polar surface area (TPSA) is 52.6 Å². The second kappa shape index (κ2) is 6.28. The first kappa shape index (κ1) is 12.7. The molecule has 1 amide bonds. The molecule has 0 saturated heterocycles. The molecule has 1 aromatic rings. The van der Waals surface area contributed by atoms with E-state index in [1.807, 2.05) is 0 Å². The second-order valence-electron chi connectivity index (χ2n) is 3.27. The van der Waals surface area contributed by atoms with Crippen LogP contribution in [0.15, 0.2) is 12.1 Å². The highest BCUT2D eigenvalue weighted by molar-refractivity contribution is 7.14. The molecule has 0 spiro atoms. The minimum Gasteiger partial charge on any atom is -0.395 e. The van der Waals surface area contributed by atoms with Gasteiger partial charge in [0.25, 0.3) is 5.91 Å². The molecule has 0 aliphatic heterocycles. The molecule has 0 unspecified atom stereocenters. The molecule has 4 nitrogen and oxygen atoms in total. The van der Waals surface area contributed by atoms with Gasteiger partial charge in [-0.1, -0.05) is 11.8 Å². The summed E-state index contributed by atoms with van der Waals surface area (Å²) in [6, 6.07) is 3.55. The van der Waals surface area contributed by atoms with Crippen LogP contribution in [0.2, 0.25) is 0 Å². The maximum absolute atomic E-state index is 11.6. The normalized spacial score (nSPS) is 9.75. The molecule has 0 radical (unpaired) electrons. The molecule has 0 atom stereocenters. The zero-order valence-corrected chi connectivity index (χ0v) is 10.1. The summed E-state index contributed by atoms with van der Waals surface area (Å²) >= 11 is 1.34. The Morgan fingerprint density at radius 1 is 1.56 bits per heavy atom. The number of carbonyl (C=O) groups is 1. The summed E-state index contributed by atoms with van der Waals surface area (Å²) in [7, 11) is 3.51. The van der Waals surface area contributed by atoms with E-state index in [4.69, 9.17) is 5.11 Å². The second-order valence-corrected chi connectivity index (χ2v) is 4.36. The van der Waals surface area contributed by atoms with Gasteiger partial charge < -0.3 is 5.11 Å². The zero-order chi connectivity index (χ0) is 12.0. The number of rotatable bonds is 3. The molecular weight excluding hydrogens is 224 g/mol. The summed E-state index contributed by atoms with van der Waals surface area (Å²) in [5.41, 5.74) is 2.66. The Morgan fingerprint density at radius 2 is 2.31 bits per heavy atom. The lowest BCUT2D eigenvalue weighted by Crippen LogP contribution is -2.35. The zero-order valence-electron chi connectivity index (χ0n) is 9.28. The van der Waals surface area contributed by atoms with Gasteiger partial charge in [0, 0.05) is 20.5 Å². The van der Waals surface area contributed by atoms with Crippen molar-refractivity contribution in [3.05, 3.63) is 21.9 Å². The molecule has 0 aliphatic rings. The van der Waals surface area contributed by atoms with Crippen LogP contribution < -0.4 is 5.43 Å². The van der Waals surface area contributed by atoms with Gasteiger partial charge in [-0.05, 0) is 12.1 Å². The molecule has 16 heavy (non-hydrogen) atoms. The Bertz CT molecular complexity index is 415. The third-order valence-corrected chi connectivity index (χ3v) is 2.60. The number of nitrogens with zero attached hydrogens (tertiary/aromatic N) is 1. The van der Waals surface area contributed by atoms with Crippen molar-refractivity contribution in [3.63, 3.8) is 0 Å². The number of hydrogen-bond acceptors (Lipinski definition) is 4. The van der Waals surface area contributed by atoms with E-state index >= 15 is 0 Å². The molecule has 2 N–H and O–H groups in total.